The normalized spacial score (nSPS) is 16.6. The minimum Gasteiger partial charge on any atom is -0.380 e. The molecule has 0 radical (unpaired) electrons. The van der Waals surface area contributed by atoms with E-state index in [0.717, 1.165) is 44.2 Å². The van der Waals surface area contributed by atoms with Crippen molar-refractivity contribution in [1.29, 1.82) is 0 Å². The summed E-state index contributed by atoms with van der Waals surface area (Å²) in [6, 6.07) is 6.58. The van der Waals surface area contributed by atoms with E-state index < -0.39 is 0 Å². The Bertz CT molecular complexity index is 460. The third-order valence-electron chi connectivity index (χ3n) is 3.43. The van der Waals surface area contributed by atoms with Gasteiger partial charge in [0.25, 0.3) is 0 Å². The standard InChI is InChI=1S/C15H22FN3O.HI/c1-15(10-20-11-15)9-19-14(17-2)18-8-7-12-3-5-13(16)6-4-12;/h3-6H,7-11H2,1-2H3,(H2,17,18,19);1H. The Balaban J connectivity index is 0.00000220. The van der Waals surface area contributed by atoms with Crippen LogP contribution >= 0.6 is 24.0 Å². The fraction of sp³-hybridized carbons (Fsp3) is 0.533. The van der Waals surface area contributed by atoms with E-state index in [1.165, 1.54) is 12.1 Å². The van der Waals surface area contributed by atoms with E-state index in [0.29, 0.717) is 0 Å². The van der Waals surface area contributed by atoms with Crippen molar-refractivity contribution in [2.75, 3.05) is 33.4 Å². The van der Waals surface area contributed by atoms with Crippen LogP contribution in [0.4, 0.5) is 4.39 Å². The van der Waals surface area contributed by atoms with Gasteiger partial charge in [0.05, 0.1) is 13.2 Å². The Kier molecular flexibility index (Phi) is 7.37. The van der Waals surface area contributed by atoms with E-state index in [4.69, 9.17) is 4.74 Å². The summed E-state index contributed by atoms with van der Waals surface area (Å²) in [5.74, 6) is 0.593. The Hall–Kier alpha value is -0.890. The van der Waals surface area contributed by atoms with Crippen LogP contribution in [0.5, 0.6) is 0 Å². The minimum absolute atomic E-state index is 0. The molecule has 1 saturated heterocycles. The zero-order valence-electron chi connectivity index (χ0n) is 12.5. The number of hydrogen-bond donors (Lipinski definition) is 2. The van der Waals surface area contributed by atoms with Gasteiger partial charge in [0.15, 0.2) is 5.96 Å². The van der Waals surface area contributed by atoms with E-state index in [2.05, 4.69) is 22.5 Å². The van der Waals surface area contributed by atoms with Gasteiger partial charge in [-0.2, -0.15) is 0 Å². The van der Waals surface area contributed by atoms with Crippen LogP contribution in [0.25, 0.3) is 0 Å². The van der Waals surface area contributed by atoms with Crippen LogP contribution in [-0.4, -0.2) is 39.3 Å². The molecule has 1 heterocycles. The van der Waals surface area contributed by atoms with Crippen molar-refractivity contribution in [3.63, 3.8) is 0 Å². The quantitative estimate of drug-likeness (QED) is 0.447. The molecule has 0 bridgehead atoms. The van der Waals surface area contributed by atoms with E-state index >= 15 is 0 Å². The summed E-state index contributed by atoms with van der Waals surface area (Å²) < 4.78 is 18.0. The molecule has 4 nitrogen and oxygen atoms in total. The van der Waals surface area contributed by atoms with Gasteiger partial charge in [0.1, 0.15) is 5.82 Å². The van der Waals surface area contributed by atoms with Crippen molar-refractivity contribution < 1.29 is 9.13 Å². The van der Waals surface area contributed by atoms with Crippen LogP contribution in [0.3, 0.4) is 0 Å². The summed E-state index contributed by atoms with van der Waals surface area (Å²) in [6.07, 6.45) is 0.835. The predicted octanol–water partition coefficient (Wildman–Crippen LogP) is 2.19. The first-order valence-corrected chi connectivity index (χ1v) is 6.88. The third-order valence-corrected chi connectivity index (χ3v) is 3.43. The van der Waals surface area contributed by atoms with Crippen molar-refractivity contribution >= 4 is 29.9 Å². The molecule has 0 saturated carbocycles. The SMILES string of the molecule is CN=C(NCCc1ccc(F)cc1)NCC1(C)COC1.I. The Labute approximate surface area is 142 Å². The van der Waals surface area contributed by atoms with Gasteiger partial charge in [-0.05, 0) is 24.1 Å². The number of rotatable bonds is 5. The topological polar surface area (TPSA) is 45.7 Å². The molecule has 118 valence electrons. The first-order valence-electron chi connectivity index (χ1n) is 6.88. The zero-order valence-corrected chi connectivity index (χ0v) is 14.8. The minimum atomic E-state index is -0.199. The molecule has 21 heavy (non-hydrogen) atoms. The molecule has 0 aromatic heterocycles. The highest BCUT2D eigenvalue weighted by Crippen LogP contribution is 2.24. The van der Waals surface area contributed by atoms with Gasteiger partial charge < -0.3 is 15.4 Å². The van der Waals surface area contributed by atoms with Gasteiger partial charge >= 0.3 is 0 Å². The van der Waals surface area contributed by atoms with E-state index in [-0.39, 0.29) is 35.2 Å². The summed E-state index contributed by atoms with van der Waals surface area (Å²) in [6.45, 7) is 5.40. The summed E-state index contributed by atoms with van der Waals surface area (Å²) in [5.41, 5.74) is 1.32. The molecule has 0 spiro atoms. The Morgan fingerprint density at radius 3 is 2.48 bits per heavy atom. The number of nitrogens with zero attached hydrogens (tertiary/aromatic N) is 1. The molecule has 1 aromatic carbocycles. The van der Waals surface area contributed by atoms with Crippen LogP contribution in [-0.2, 0) is 11.2 Å². The number of nitrogens with one attached hydrogen (secondary N) is 2. The lowest BCUT2D eigenvalue weighted by atomic mass is 9.89. The van der Waals surface area contributed by atoms with Crippen molar-refractivity contribution in [3.05, 3.63) is 35.6 Å². The molecular weight excluding hydrogens is 384 g/mol. The van der Waals surface area contributed by atoms with Crippen LogP contribution in [0.15, 0.2) is 29.3 Å². The molecule has 1 aromatic rings. The number of benzene rings is 1. The smallest absolute Gasteiger partial charge is 0.191 e. The Morgan fingerprint density at radius 2 is 1.95 bits per heavy atom. The molecule has 0 unspecified atom stereocenters. The van der Waals surface area contributed by atoms with E-state index in [1.807, 2.05) is 0 Å². The van der Waals surface area contributed by atoms with Crippen LogP contribution in [0.1, 0.15) is 12.5 Å². The third kappa shape index (κ3) is 5.78. The summed E-state index contributed by atoms with van der Waals surface area (Å²) in [5, 5.41) is 6.56. The zero-order chi connectivity index (χ0) is 14.4. The highest BCUT2D eigenvalue weighted by molar-refractivity contribution is 14.0. The van der Waals surface area contributed by atoms with Gasteiger partial charge in [-0.25, -0.2) is 4.39 Å². The maximum absolute atomic E-state index is 12.8. The van der Waals surface area contributed by atoms with Crippen LogP contribution in [0, 0.1) is 11.2 Å². The molecular formula is C15H23FIN3O. The van der Waals surface area contributed by atoms with Crippen molar-refractivity contribution in [1.82, 2.24) is 10.6 Å². The number of aliphatic imine (C=N–C) groups is 1. The lowest BCUT2D eigenvalue weighted by Crippen LogP contribution is -2.51. The average Bonchev–Trinajstić information content (AvgIpc) is 2.42. The largest absolute Gasteiger partial charge is 0.380 e. The average molecular weight is 407 g/mol. The maximum Gasteiger partial charge on any atom is 0.191 e. The van der Waals surface area contributed by atoms with Gasteiger partial charge in [0.2, 0.25) is 0 Å². The number of hydrogen-bond acceptors (Lipinski definition) is 2. The molecule has 6 heteroatoms. The van der Waals surface area contributed by atoms with Crippen molar-refractivity contribution in [2.24, 2.45) is 10.4 Å². The fourth-order valence-corrected chi connectivity index (χ4v) is 2.05. The second-order valence-electron chi connectivity index (χ2n) is 5.53. The van der Waals surface area contributed by atoms with Crippen molar-refractivity contribution in [3.8, 4) is 0 Å². The monoisotopic (exact) mass is 407 g/mol. The molecule has 2 N–H and O–H groups in total. The summed E-state index contributed by atoms with van der Waals surface area (Å²) in [7, 11) is 1.76. The van der Waals surface area contributed by atoms with Gasteiger partial charge in [-0.1, -0.05) is 19.1 Å². The van der Waals surface area contributed by atoms with Crippen LogP contribution in [0.2, 0.25) is 0 Å². The summed E-state index contributed by atoms with van der Waals surface area (Å²) >= 11 is 0. The second-order valence-corrected chi connectivity index (χ2v) is 5.53. The lowest BCUT2D eigenvalue weighted by Gasteiger charge is -2.38. The predicted molar refractivity (Wildman–Crippen MR) is 93.8 cm³/mol. The molecule has 1 fully saturated rings. The molecule has 1 aliphatic rings. The maximum atomic E-state index is 12.8. The van der Waals surface area contributed by atoms with Gasteiger partial charge in [-0.3, -0.25) is 4.99 Å². The first-order chi connectivity index (χ1) is 9.61. The van der Waals surface area contributed by atoms with E-state index in [9.17, 15) is 4.39 Å². The van der Waals surface area contributed by atoms with E-state index in [1.54, 1.807) is 19.2 Å². The Morgan fingerprint density at radius 1 is 1.29 bits per heavy atom. The lowest BCUT2D eigenvalue weighted by molar-refractivity contribution is -0.0971. The number of halogens is 2. The van der Waals surface area contributed by atoms with Crippen molar-refractivity contribution in [2.45, 2.75) is 13.3 Å². The highest BCUT2D eigenvalue weighted by Gasteiger charge is 2.33. The first kappa shape index (κ1) is 18.2. The molecule has 0 aliphatic carbocycles. The highest BCUT2D eigenvalue weighted by atomic mass is 127. The number of ether oxygens (including phenoxy) is 1. The second kappa shape index (κ2) is 8.53. The molecule has 0 atom stereocenters. The fourth-order valence-electron chi connectivity index (χ4n) is 2.05. The summed E-state index contributed by atoms with van der Waals surface area (Å²) in [4.78, 5) is 4.19. The van der Waals surface area contributed by atoms with Gasteiger partial charge in [-0.15, -0.1) is 24.0 Å². The van der Waals surface area contributed by atoms with Crippen LogP contribution < -0.4 is 10.6 Å². The number of guanidine groups is 1. The molecule has 1 aliphatic heterocycles. The molecule has 2 rings (SSSR count). The molecule has 0 amide bonds. The van der Waals surface area contributed by atoms with Gasteiger partial charge in [0, 0.05) is 25.6 Å².